The van der Waals surface area contributed by atoms with Gasteiger partial charge in [-0.05, 0) is 38.1 Å². The van der Waals surface area contributed by atoms with Gasteiger partial charge in [-0.2, -0.15) is 0 Å². The highest BCUT2D eigenvalue weighted by Crippen LogP contribution is 2.42. The van der Waals surface area contributed by atoms with Crippen molar-refractivity contribution in [2.75, 3.05) is 26.2 Å². The summed E-state index contributed by atoms with van der Waals surface area (Å²) < 4.78 is 0. The highest BCUT2D eigenvalue weighted by molar-refractivity contribution is 5.07. The third-order valence-corrected chi connectivity index (χ3v) is 5.71. The molecule has 0 aromatic carbocycles. The lowest BCUT2D eigenvalue weighted by atomic mass is 9.90. The van der Waals surface area contributed by atoms with Gasteiger partial charge in [0.05, 0.1) is 11.7 Å². The number of nitrogens with zero attached hydrogens (tertiary/aromatic N) is 4. The molecule has 20 heavy (non-hydrogen) atoms. The van der Waals surface area contributed by atoms with Crippen LogP contribution in [0.1, 0.15) is 37.9 Å². The van der Waals surface area contributed by atoms with Gasteiger partial charge in [0.2, 0.25) is 0 Å². The van der Waals surface area contributed by atoms with Gasteiger partial charge in [0, 0.05) is 44.3 Å². The maximum Gasteiger partial charge on any atom is 0.0755 e. The minimum absolute atomic E-state index is 0.409. The third kappa shape index (κ3) is 2.06. The zero-order valence-electron chi connectivity index (χ0n) is 12.3. The van der Waals surface area contributed by atoms with Crippen molar-refractivity contribution < 1.29 is 0 Å². The Bertz CT molecular complexity index is 463. The van der Waals surface area contributed by atoms with E-state index >= 15 is 0 Å². The summed E-state index contributed by atoms with van der Waals surface area (Å²) in [5.74, 6) is 1.78. The van der Waals surface area contributed by atoms with Crippen LogP contribution in [0, 0.1) is 11.8 Å². The fourth-order valence-corrected chi connectivity index (χ4v) is 4.62. The number of hydrogen-bond acceptors (Lipinski definition) is 4. The molecule has 3 aliphatic heterocycles. The van der Waals surface area contributed by atoms with Crippen molar-refractivity contribution in [3.8, 4) is 0 Å². The molecule has 0 radical (unpaired) electrons. The Morgan fingerprint density at radius 2 is 2.15 bits per heavy atom. The minimum Gasteiger partial charge on any atom is -0.300 e. The maximum atomic E-state index is 4.48. The average molecular weight is 272 g/mol. The van der Waals surface area contributed by atoms with Crippen LogP contribution in [0.25, 0.3) is 0 Å². The lowest BCUT2D eigenvalue weighted by Crippen LogP contribution is -2.40. The molecular weight excluding hydrogens is 248 g/mol. The van der Waals surface area contributed by atoms with Crippen LogP contribution in [0.3, 0.4) is 0 Å². The first-order valence-electron chi connectivity index (χ1n) is 8.07. The summed E-state index contributed by atoms with van der Waals surface area (Å²) in [5.41, 5.74) is 1.12. The van der Waals surface area contributed by atoms with Crippen LogP contribution in [0.4, 0.5) is 0 Å². The van der Waals surface area contributed by atoms with Crippen LogP contribution in [0.15, 0.2) is 18.6 Å². The summed E-state index contributed by atoms with van der Waals surface area (Å²) in [6.07, 6.45) is 9.76. The summed E-state index contributed by atoms with van der Waals surface area (Å²) >= 11 is 0. The quantitative estimate of drug-likeness (QED) is 0.824. The number of rotatable bonds is 2. The number of aromatic nitrogens is 2. The second-order valence-electron chi connectivity index (χ2n) is 6.74. The molecule has 4 unspecified atom stereocenters. The van der Waals surface area contributed by atoms with Crippen LogP contribution in [-0.2, 0) is 0 Å². The van der Waals surface area contributed by atoms with Gasteiger partial charge in [0.1, 0.15) is 0 Å². The Hall–Kier alpha value is -1.00. The lowest BCUT2D eigenvalue weighted by molar-refractivity contribution is 0.142. The van der Waals surface area contributed by atoms with Gasteiger partial charge in [-0.3, -0.25) is 19.8 Å². The van der Waals surface area contributed by atoms with Crippen LogP contribution >= 0.6 is 0 Å². The van der Waals surface area contributed by atoms with E-state index in [1.54, 1.807) is 6.20 Å². The second-order valence-corrected chi connectivity index (χ2v) is 6.74. The Labute approximate surface area is 121 Å². The fraction of sp³-hybridized carbons (Fsp3) is 0.750. The normalized spacial score (nSPS) is 35.8. The van der Waals surface area contributed by atoms with Gasteiger partial charge in [-0.25, -0.2) is 0 Å². The number of fused-ring (bicyclic) bond motifs is 3. The van der Waals surface area contributed by atoms with E-state index in [4.69, 9.17) is 0 Å². The Morgan fingerprint density at radius 3 is 3.00 bits per heavy atom. The van der Waals surface area contributed by atoms with E-state index in [9.17, 15) is 0 Å². The summed E-state index contributed by atoms with van der Waals surface area (Å²) in [6.45, 7) is 7.46. The van der Waals surface area contributed by atoms with Crippen molar-refractivity contribution in [3.05, 3.63) is 24.3 Å². The predicted molar refractivity (Wildman–Crippen MR) is 78.2 cm³/mol. The average Bonchev–Trinajstić information content (AvgIpc) is 3.05. The van der Waals surface area contributed by atoms with Gasteiger partial charge in [-0.1, -0.05) is 6.42 Å². The molecule has 0 amide bonds. The third-order valence-electron chi connectivity index (χ3n) is 5.71. The Balaban J connectivity index is 1.47. The zero-order valence-corrected chi connectivity index (χ0v) is 12.3. The molecule has 0 spiro atoms. The molecule has 4 atom stereocenters. The zero-order chi connectivity index (χ0) is 13.5. The van der Waals surface area contributed by atoms with Crippen molar-refractivity contribution in [2.24, 2.45) is 11.8 Å². The van der Waals surface area contributed by atoms with Gasteiger partial charge < -0.3 is 0 Å². The van der Waals surface area contributed by atoms with E-state index in [1.165, 1.54) is 45.4 Å². The number of hydrogen-bond donors (Lipinski definition) is 0. The summed E-state index contributed by atoms with van der Waals surface area (Å²) in [6, 6.07) is 1.28. The standard InChI is InChI=1S/C16H24N4/c1-12(15-8-17-5-6-18-15)20-10-13-9-19-7-3-2-4-16(19)14(13)11-20/h5-6,8,12-14,16H,2-4,7,9-11H2,1H3. The molecule has 4 nitrogen and oxygen atoms in total. The molecule has 4 heteroatoms. The topological polar surface area (TPSA) is 32.3 Å². The van der Waals surface area contributed by atoms with Crippen molar-refractivity contribution in [1.29, 1.82) is 0 Å². The van der Waals surface area contributed by atoms with E-state index in [0.29, 0.717) is 6.04 Å². The molecule has 0 N–H and O–H groups in total. The van der Waals surface area contributed by atoms with Gasteiger partial charge in [-0.15, -0.1) is 0 Å². The van der Waals surface area contributed by atoms with Crippen LogP contribution in [-0.4, -0.2) is 52.0 Å². The molecule has 4 heterocycles. The Morgan fingerprint density at radius 1 is 1.20 bits per heavy atom. The minimum atomic E-state index is 0.409. The summed E-state index contributed by atoms with van der Waals surface area (Å²) in [5, 5.41) is 0. The molecule has 0 bridgehead atoms. The highest BCUT2D eigenvalue weighted by Gasteiger charge is 2.48. The largest absolute Gasteiger partial charge is 0.300 e. The summed E-state index contributed by atoms with van der Waals surface area (Å²) in [7, 11) is 0. The van der Waals surface area contributed by atoms with Crippen LogP contribution in [0.2, 0.25) is 0 Å². The molecule has 108 valence electrons. The monoisotopic (exact) mass is 272 g/mol. The first-order valence-corrected chi connectivity index (χ1v) is 8.07. The van der Waals surface area contributed by atoms with Crippen molar-refractivity contribution in [1.82, 2.24) is 19.8 Å². The molecule has 3 fully saturated rings. The molecular formula is C16H24N4. The molecule has 0 saturated carbocycles. The van der Waals surface area contributed by atoms with Gasteiger partial charge in [0.15, 0.2) is 0 Å². The maximum absolute atomic E-state index is 4.48. The van der Waals surface area contributed by atoms with E-state index in [1.807, 2.05) is 12.4 Å². The second kappa shape index (κ2) is 5.08. The first-order chi connectivity index (χ1) is 9.83. The fourth-order valence-electron chi connectivity index (χ4n) is 4.62. The molecule has 0 aliphatic carbocycles. The first kappa shape index (κ1) is 12.7. The molecule has 3 aliphatic rings. The smallest absolute Gasteiger partial charge is 0.0755 e. The molecule has 1 aromatic rings. The van der Waals surface area contributed by atoms with Crippen LogP contribution < -0.4 is 0 Å². The molecule has 4 rings (SSSR count). The van der Waals surface area contributed by atoms with E-state index in [0.717, 1.165) is 23.6 Å². The molecule has 1 aromatic heterocycles. The highest BCUT2D eigenvalue weighted by atomic mass is 15.3. The molecule has 3 saturated heterocycles. The Kier molecular flexibility index (Phi) is 3.23. The predicted octanol–water partition coefficient (Wildman–Crippen LogP) is 1.95. The summed E-state index contributed by atoms with van der Waals surface area (Å²) in [4.78, 5) is 14.1. The van der Waals surface area contributed by atoms with E-state index in [-0.39, 0.29) is 0 Å². The van der Waals surface area contributed by atoms with Gasteiger partial charge >= 0.3 is 0 Å². The van der Waals surface area contributed by atoms with Crippen molar-refractivity contribution in [2.45, 2.75) is 38.3 Å². The van der Waals surface area contributed by atoms with Gasteiger partial charge in [0.25, 0.3) is 0 Å². The SMILES string of the molecule is CC(c1cnccn1)N1CC2CN3CCCCC3C2C1. The van der Waals surface area contributed by atoms with Crippen molar-refractivity contribution >= 4 is 0 Å². The number of likely N-dealkylation sites (tertiary alicyclic amines) is 1. The van der Waals surface area contributed by atoms with Crippen molar-refractivity contribution in [3.63, 3.8) is 0 Å². The van der Waals surface area contributed by atoms with Crippen LogP contribution in [0.5, 0.6) is 0 Å². The number of piperidine rings is 1. The lowest BCUT2D eigenvalue weighted by Gasteiger charge is -2.34. The van der Waals surface area contributed by atoms with E-state index < -0.39 is 0 Å². The van der Waals surface area contributed by atoms with E-state index in [2.05, 4.69) is 26.7 Å².